The van der Waals surface area contributed by atoms with Gasteiger partial charge in [-0.3, -0.25) is 4.90 Å². The molecule has 1 aromatic carbocycles. The Balaban J connectivity index is 1.75. The number of esters is 1. The van der Waals surface area contributed by atoms with Gasteiger partial charge in [-0.2, -0.15) is 0 Å². The molecule has 0 aliphatic carbocycles. The maximum Gasteiger partial charge on any atom is 0.337 e. The second-order valence-corrected chi connectivity index (χ2v) is 7.79. The van der Waals surface area contributed by atoms with Gasteiger partial charge in [-0.15, -0.1) is 0 Å². The van der Waals surface area contributed by atoms with Crippen molar-refractivity contribution in [1.82, 2.24) is 9.88 Å². The fourth-order valence-electron chi connectivity index (χ4n) is 5.13. The van der Waals surface area contributed by atoms with Crippen molar-refractivity contribution in [2.45, 2.75) is 32.2 Å². The Morgan fingerprint density at radius 2 is 2.21 bits per heavy atom. The second-order valence-electron chi connectivity index (χ2n) is 7.79. The molecule has 2 aromatic rings. The monoisotopic (exact) mass is 384 g/mol. The molecule has 1 fully saturated rings. The molecule has 2 aliphatic heterocycles. The minimum absolute atomic E-state index is 0.0737. The number of aromatic hydroxyl groups is 1. The number of phenols is 1. The van der Waals surface area contributed by atoms with Gasteiger partial charge in [-0.1, -0.05) is 19.4 Å². The van der Waals surface area contributed by atoms with Gasteiger partial charge >= 0.3 is 5.97 Å². The molecule has 1 aromatic heterocycles. The summed E-state index contributed by atoms with van der Waals surface area (Å²) < 4.78 is 10.3. The molecule has 150 valence electrons. The number of methoxy groups -OCH3 is 2. The molecule has 0 bridgehead atoms. The van der Waals surface area contributed by atoms with E-state index in [2.05, 4.69) is 16.8 Å². The van der Waals surface area contributed by atoms with Crippen LogP contribution in [-0.4, -0.2) is 48.3 Å². The summed E-state index contributed by atoms with van der Waals surface area (Å²) in [7, 11) is 2.99. The molecule has 6 heteroatoms. The van der Waals surface area contributed by atoms with E-state index in [9.17, 15) is 9.90 Å². The van der Waals surface area contributed by atoms with Crippen molar-refractivity contribution in [1.29, 1.82) is 0 Å². The van der Waals surface area contributed by atoms with E-state index in [-0.39, 0.29) is 17.9 Å². The third kappa shape index (κ3) is 2.96. The van der Waals surface area contributed by atoms with Crippen LogP contribution in [0.15, 0.2) is 30.0 Å². The number of H-pyrrole nitrogens is 1. The molecule has 6 nitrogen and oxygen atoms in total. The van der Waals surface area contributed by atoms with Gasteiger partial charge in [0.05, 0.1) is 32.1 Å². The van der Waals surface area contributed by atoms with E-state index in [1.807, 2.05) is 12.1 Å². The van der Waals surface area contributed by atoms with Crippen LogP contribution in [0.2, 0.25) is 0 Å². The van der Waals surface area contributed by atoms with E-state index in [1.165, 1.54) is 18.4 Å². The summed E-state index contributed by atoms with van der Waals surface area (Å²) in [4.78, 5) is 18.5. The summed E-state index contributed by atoms with van der Waals surface area (Å²) >= 11 is 0. The molecular formula is C22H28N2O4. The van der Waals surface area contributed by atoms with Crippen LogP contribution in [0.25, 0.3) is 10.9 Å². The normalized spacial score (nSPS) is 25.2. The lowest BCUT2D eigenvalue weighted by Crippen LogP contribution is -2.47. The summed E-state index contributed by atoms with van der Waals surface area (Å²) in [5.41, 5.74) is 3.96. The predicted molar refractivity (Wildman–Crippen MR) is 107 cm³/mol. The lowest BCUT2D eigenvalue weighted by atomic mass is 9.74. The first-order chi connectivity index (χ1) is 13.6. The number of benzene rings is 1. The summed E-state index contributed by atoms with van der Waals surface area (Å²) in [6.45, 7) is 4.07. The van der Waals surface area contributed by atoms with Gasteiger partial charge in [-0.25, -0.2) is 4.79 Å². The number of nitrogens with one attached hydrogen (secondary N) is 1. The highest BCUT2D eigenvalue weighted by Gasteiger charge is 2.42. The second kappa shape index (κ2) is 7.51. The molecular weight excluding hydrogens is 356 g/mol. The number of rotatable bonds is 4. The van der Waals surface area contributed by atoms with Gasteiger partial charge in [0.1, 0.15) is 5.75 Å². The Morgan fingerprint density at radius 1 is 1.39 bits per heavy atom. The summed E-state index contributed by atoms with van der Waals surface area (Å²) in [6, 6.07) is 5.81. The first-order valence-electron chi connectivity index (χ1n) is 9.96. The molecule has 3 heterocycles. The Bertz CT molecular complexity index is 917. The van der Waals surface area contributed by atoms with Crippen molar-refractivity contribution >= 4 is 16.9 Å². The number of nitrogens with zero attached hydrogens (tertiary/aromatic N) is 1. The molecule has 2 N–H and O–H groups in total. The van der Waals surface area contributed by atoms with E-state index in [4.69, 9.17) is 9.47 Å². The van der Waals surface area contributed by atoms with Crippen LogP contribution >= 0.6 is 0 Å². The third-order valence-electron chi connectivity index (χ3n) is 6.47. The minimum atomic E-state index is -0.316. The zero-order chi connectivity index (χ0) is 19.8. The number of piperidine rings is 1. The van der Waals surface area contributed by atoms with E-state index in [0.29, 0.717) is 17.2 Å². The Hall–Kier alpha value is -2.47. The number of fused-ring (bicyclic) bond motifs is 5. The maximum atomic E-state index is 12.4. The number of hydrogen-bond donors (Lipinski definition) is 2. The molecule has 0 saturated carbocycles. The molecule has 2 aliphatic rings. The van der Waals surface area contributed by atoms with Crippen LogP contribution in [0.1, 0.15) is 37.1 Å². The molecule has 0 spiro atoms. The lowest BCUT2D eigenvalue weighted by Gasteiger charge is -2.46. The number of carbonyl (C=O) groups is 1. The average molecular weight is 384 g/mol. The van der Waals surface area contributed by atoms with Crippen LogP contribution in [0, 0.1) is 11.8 Å². The number of aromatic nitrogens is 1. The van der Waals surface area contributed by atoms with Crippen LogP contribution in [-0.2, 0) is 20.7 Å². The number of carbonyl (C=O) groups excluding carboxylic acids is 1. The average Bonchev–Trinajstić information content (AvgIpc) is 3.10. The first-order valence-corrected chi connectivity index (χ1v) is 9.96. The smallest absolute Gasteiger partial charge is 0.337 e. The molecule has 0 radical (unpaired) electrons. The van der Waals surface area contributed by atoms with Crippen molar-refractivity contribution in [3.05, 3.63) is 41.3 Å². The molecule has 1 saturated heterocycles. The first kappa shape index (κ1) is 18.9. The molecule has 3 atom stereocenters. The van der Waals surface area contributed by atoms with Gasteiger partial charge in [-0.05, 0) is 42.4 Å². The summed E-state index contributed by atoms with van der Waals surface area (Å²) in [5.74, 6) is 0.460. The van der Waals surface area contributed by atoms with Crippen LogP contribution in [0.3, 0.4) is 0 Å². The molecule has 0 amide bonds. The lowest BCUT2D eigenvalue weighted by molar-refractivity contribution is -0.137. The van der Waals surface area contributed by atoms with Crippen molar-refractivity contribution in [2.75, 3.05) is 27.3 Å². The summed E-state index contributed by atoms with van der Waals surface area (Å²) in [5, 5.41) is 11.3. The minimum Gasteiger partial charge on any atom is -0.507 e. The van der Waals surface area contributed by atoms with E-state index >= 15 is 0 Å². The standard InChI is InChI=1S/C22H28N2O4/c1-4-13-11-24-9-8-14-20-17(6-5-7-19(20)25)23-21(14)18(24)10-15(13)16(12-27-2)22(26)28-3/h5-7,12-13,15,18,23,25H,4,8-11H2,1-3H3/b16-12+/t13-,15+,18?/m1/s1. The third-order valence-corrected chi connectivity index (χ3v) is 6.47. The van der Waals surface area contributed by atoms with E-state index in [1.54, 1.807) is 19.4 Å². The topological polar surface area (TPSA) is 74.8 Å². The SMILES string of the molecule is CC[C@@H]1CN2CCc3c([nH]c4cccc(O)c34)C2C[C@@H]1/C(=C\OC)C(=O)OC. The summed E-state index contributed by atoms with van der Waals surface area (Å²) in [6.07, 6.45) is 4.29. The van der Waals surface area contributed by atoms with Crippen LogP contribution in [0.4, 0.5) is 0 Å². The number of ether oxygens (including phenoxy) is 2. The highest BCUT2D eigenvalue weighted by molar-refractivity contribution is 5.91. The quantitative estimate of drug-likeness (QED) is 0.479. The fraction of sp³-hybridized carbons (Fsp3) is 0.500. The highest BCUT2D eigenvalue weighted by atomic mass is 16.5. The molecule has 1 unspecified atom stereocenters. The molecule has 28 heavy (non-hydrogen) atoms. The van der Waals surface area contributed by atoms with Crippen LogP contribution in [0.5, 0.6) is 5.75 Å². The van der Waals surface area contributed by atoms with Crippen molar-refractivity contribution < 1.29 is 19.4 Å². The van der Waals surface area contributed by atoms with Crippen molar-refractivity contribution in [3.63, 3.8) is 0 Å². The largest absolute Gasteiger partial charge is 0.507 e. The van der Waals surface area contributed by atoms with Crippen molar-refractivity contribution in [3.8, 4) is 5.75 Å². The van der Waals surface area contributed by atoms with Gasteiger partial charge in [0, 0.05) is 29.7 Å². The zero-order valence-corrected chi connectivity index (χ0v) is 16.7. The Morgan fingerprint density at radius 3 is 2.93 bits per heavy atom. The Labute approximate surface area is 165 Å². The van der Waals surface area contributed by atoms with E-state index < -0.39 is 0 Å². The van der Waals surface area contributed by atoms with E-state index in [0.717, 1.165) is 43.3 Å². The highest BCUT2D eigenvalue weighted by Crippen LogP contribution is 2.46. The fourth-order valence-corrected chi connectivity index (χ4v) is 5.13. The van der Waals surface area contributed by atoms with Gasteiger partial charge in [0.2, 0.25) is 0 Å². The van der Waals surface area contributed by atoms with Gasteiger partial charge in [0.25, 0.3) is 0 Å². The maximum absolute atomic E-state index is 12.4. The number of hydrogen-bond acceptors (Lipinski definition) is 5. The number of phenolic OH excluding ortho intramolecular Hbond substituents is 1. The Kier molecular flexibility index (Phi) is 5.06. The van der Waals surface area contributed by atoms with Crippen molar-refractivity contribution in [2.24, 2.45) is 11.8 Å². The van der Waals surface area contributed by atoms with Crippen LogP contribution < -0.4 is 0 Å². The number of aromatic amines is 1. The predicted octanol–water partition coefficient (Wildman–Crippen LogP) is 3.52. The van der Waals surface area contributed by atoms with Gasteiger partial charge in [0.15, 0.2) is 0 Å². The molecule has 4 rings (SSSR count). The zero-order valence-electron chi connectivity index (χ0n) is 16.7. The van der Waals surface area contributed by atoms with Gasteiger partial charge < -0.3 is 19.6 Å².